The third kappa shape index (κ3) is 3.59. The van der Waals surface area contributed by atoms with Crippen LogP contribution in [0.25, 0.3) is 0 Å². The second-order valence-corrected chi connectivity index (χ2v) is 7.92. The Labute approximate surface area is 170 Å². The fourth-order valence-corrected chi connectivity index (χ4v) is 4.34. The molecule has 2 aromatic rings. The molecule has 0 aliphatic carbocycles. The Balaban J connectivity index is 1.55. The lowest BCUT2D eigenvalue weighted by molar-refractivity contribution is 0.0661. The maximum absolute atomic E-state index is 13.0. The first-order valence-corrected chi connectivity index (χ1v) is 10.1. The monoisotopic (exact) mass is 397 g/mol. The molecule has 28 heavy (non-hydrogen) atoms. The summed E-state index contributed by atoms with van der Waals surface area (Å²) in [5.41, 5.74) is 3.01. The summed E-state index contributed by atoms with van der Waals surface area (Å²) < 4.78 is 0. The van der Waals surface area contributed by atoms with Crippen molar-refractivity contribution in [3.8, 4) is 0 Å². The SMILES string of the molecule is CN1c2cc(C(=O)NCc3cccc(Cl)c3)ccc2C(=O)N2CCCCC[C@H]21. The minimum atomic E-state index is -0.160. The smallest absolute Gasteiger partial charge is 0.257 e. The number of rotatable bonds is 3. The number of amides is 2. The van der Waals surface area contributed by atoms with Gasteiger partial charge in [-0.3, -0.25) is 9.59 Å². The van der Waals surface area contributed by atoms with E-state index in [0.29, 0.717) is 22.7 Å². The number of hydrogen-bond donors (Lipinski definition) is 1. The lowest BCUT2D eigenvalue weighted by Gasteiger charge is -2.43. The van der Waals surface area contributed by atoms with E-state index in [0.717, 1.165) is 43.5 Å². The normalized spacial score (nSPS) is 18.9. The van der Waals surface area contributed by atoms with Gasteiger partial charge in [0.15, 0.2) is 0 Å². The predicted molar refractivity (Wildman–Crippen MR) is 111 cm³/mol. The van der Waals surface area contributed by atoms with Crippen LogP contribution in [0.15, 0.2) is 42.5 Å². The minimum absolute atomic E-state index is 0.0749. The summed E-state index contributed by atoms with van der Waals surface area (Å²) in [6, 6.07) is 12.8. The maximum Gasteiger partial charge on any atom is 0.257 e. The van der Waals surface area contributed by atoms with Gasteiger partial charge in [-0.15, -0.1) is 0 Å². The second kappa shape index (κ2) is 7.84. The first kappa shape index (κ1) is 18.8. The third-order valence-electron chi connectivity index (χ3n) is 5.64. The molecule has 5 nitrogen and oxygen atoms in total. The predicted octanol–water partition coefficient (Wildman–Crippen LogP) is 4.06. The van der Waals surface area contributed by atoms with E-state index < -0.39 is 0 Å². The van der Waals surface area contributed by atoms with Crippen molar-refractivity contribution < 1.29 is 9.59 Å². The molecule has 0 unspecified atom stereocenters. The van der Waals surface area contributed by atoms with Crippen molar-refractivity contribution in [3.05, 3.63) is 64.2 Å². The summed E-state index contributed by atoms with van der Waals surface area (Å²) in [4.78, 5) is 29.7. The summed E-state index contributed by atoms with van der Waals surface area (Å²) in [6.45, 7) is 1.21. The van der Waals surface area contributed by atoms with Crippen molar-refractivity contribution in [2.75, 3.05) is 18.5 Å². The molecule has 2 aromatic carbocycles. The Bertz CT molecular complexity index is 914. The average Bonchev–Trinajstić information content (AvgIpc) is 2.96. The molecule has 2 heterocycles. The number of anilines is 1. The van der Waals surface area contributed by atoms with Crippen LogP contribution in [0.4, 0.5) is 5.69 Å². The number of nitrogens with one attached hydrogen (secondary N) is 1. The molecule has 0 saturated carbocycles. The van der Waals surface area contributed by atoms with Crippen LogP contribution in [-0.4, -0.2) is 36.5 Å². The van der Waals surface area contributed by atoms with Crippen LogP contribution in [0.3, 0.4) is 0 Å². The van der Waals surface area contributed by atoms with Gasteiger partial charge in [-0.2, -0.15) is 0 Å². The maximum atomic E-state index is 13.0. The number of nitrogens with zero attached hydrogens (tertiary/aromatic N) is 2. The molecule has 6 heteroatoms. The molecule has 0 radical (unpaired) electrons. The highest BCUT2D eigenvalue weighted by Crippen LogP contribution is 2.34. The van der Waals surface area contributed by atoms with E-state index in [9.17, 15) is 9.59 Å². The van der Waals surface area contributed by atoms with E-state index in [2.05, 4.69) is 10.2 Å². The van der Waals surface area contributed by atoms with E-state index in [-0.39, 0.29) is 18.0 Å². The quantitative estimate of drug-likeness (QED) is 0.849. The van der Waals surface area contributed by atoms with Crippen molar-refractivity contribution >= 4 is 29.1 Å². The fraction of sp³-hybridized carbons (Fsp3) is 0.364. The van der Waals surface area contributed by atoms with Crippen LogP contribution >= 0.6 is 11.6 Å². The van der Waals surface area contributed by atoms with E-state index in [4.69, 9.17) is 11.6 Å². The number of hydrogen-bond acceptors (Lipinski definition) is 3. The van der Waals surface area contributed by atoms with Gasteiger partial charge < -0.3 is 15.1 Å². The molecule has 0 bridgehead atoms. The molecular formula is C22H24ClN3O2. The summed E-state index contributed by atoms with van der Waals surface area (Å²) in [6.07, 6.45) is 4.37. The molecule has 1 N–H and O–H groups in total. The third-order valence-corrected chi connectivity index (χ3v) is 5.88. The van der Waals surface area contributed by atoms with Crippen LogP contribution in [-0.2, 0) is 6.54 Å². The lowest BCUT2D eigenvalue weighted by atomic mass is 10.0. The van der Waals surface area contributed by atoms with Gasteiger partial charge in [0.2, 0.25) is 0 Å². The Morgan fingerprint density at radius 2 is 2.04 bits per heavy atom. The first-order valence-electron chi connectivity index (χ1n) is 9.75. The highest BCUT2D eigenvalue weighted by atomic mass is 35.5. The fourth-order valence-electron chi connectivity index (χ4n) is 4.12. The van der Waals surface area contributed by atoms with E-state index in [1.165, 1.54) is 0 Å². The Morgan fingerprint density at radius 1 is 1.18 bits per heavy atom. The zero-order valence-corrected chi connectivity index (χ0v) is 16.7. The topological polar surface area (TPSA) is 52.7 Å². The number of fused-ring (bicyclic) bond motifs is 2. The molecule has 2 amide bonds. The molecular weight excluding hydrogens is 374 g/mol. The van der Waals surface area contributed by atoms with E-state index in [1.54, 1.807) is 18.2 Å². The van der Waals surface area contributed by atoms with Crippen molar-refractivity contribution in [2.24, 2.45) is 0 Å². The van der Waals surface area contributed by atoms with Gasteiger partial charge >= 0.3 is 0 Å². The van der Waals surface area contributed by atoms with E-state index >= 15 is 0 Å². The number of halogens is 1. The van der Waals surface area contributed by atoms with Crippen LogP contribution in [0, 0.1) is 0 Å². The molecule has 146 valence electrons. The molecule has 4 rings (SSSR count). The highest BCUT2D eigenvalue weighted by molar-refractivity contribution is 6.30. The van der Waals surface area contributed by atoms with Crippen molar-refractivity contribution in [3.63, 3.8) is 0 Å². The van der Waals surface area contributed by atoms with Crippen molar-refractivity contribution in [1.29, 1.82) is 0 Å². The number of benzene rings is 2. The summed E-state index contributed by atoms with van der Waals surface area (Å²) in [5.74, 6) is -0.0854. The molecule has 1 fully saturated rings. The number of carbonyl (C=O) groups excluding carboxylic acids is 2. The molecule has 2 aliphatic rings. The average molecular weight is 398 g/mol. The lowest BCUT2D eigenvalue weighted by Crippen LogP contribution is -2.53. The van der Waals surface area contributed by atoms with Gasteiger partial charge in [0, 0.05) is 30.7 Å². The van der Waals surface area contributed by atoms with Crippen molar-refractivity contribution in [1.82, 2.24) is 10.2 Å². The molecule has 2 aliphatic heterocycles. The van der Waals surface area contributed by atoms with E-state index in [1.807, 2.05) is 36.2 Å². The Morgan fingerprint density at radius 3 is 2.86 bits per heavy atom. The van der Waals surface area contributed by atoms with Gasteiger partial charge in [-0.25, -0.2) is 0 Å². The standard InChI is InChI=1S/C22H24ClN3O2/c1-25-19-13-16(21(27)24-14-15-6-5-7-17(23)12-15)9-10-18(19)22(28)26-11-4-2-3-8-20(25)26/h5-7,9-10,12-13,20H,2-4,8,11,14H2,1H3,(H,24,27)/t20-/m0/s1. The van der Waals surface area contributed by atoms with Crippen LogP contribution in [0.5, 0.6) is 0 Å². The van der Waals surface area contributed by atoms with Gasteiger partial charge in [-0.1, -0.05) is 30.2 Å². The number of carbonyl (C=O) groups is 2. The van der Waals surface area contributed by atoms with Crippen LogP contribution in [0.2, 0.25) is 5.02 Å². The Hall–Kier alpha value is -2.53. The van der Waals surface area contributed by atoms with Crippen molar-refractivity contribution in [2.45, 2.75) is 38.4 Å². The molecule has 0 aromatic heterocycles. The first-order chi connectivity index (χ1) is 13.5. The van der Waals surface area contributed by atoms with Crippen LogP contribution < -0.4 is 10.2 Å². The zero-order valence-electron chi connectivity index (χ0n) is 16.0. The second-order valence-electron chi connectivity index (χ2n) is 7.48. The van der Waals surface area contributed by atoms with Gasteiger partial charge in [-0.05, 0) is 55.2 Å². The molecule has 0 spiro atoms. The summed E-state index contributed by atoms with van der Waals surface area (Å²) in [7, 11) is 2.02. The molecule has 1 saturated heterocycles. The largest absolute Gasteiger partial charge is 0.354 e. The van der Waals surface area contributed by atoms with Gasteiger partial charge in [0.05, 0.1) is 11.3 Å². The Kier molecular flexibility index (Phi) is 5.27. The summed E-state index contributed by atoms with van der Waals surface area (Å²) in [5, 5.41) is 3.58. The zero-order chi connectivity index (χ0) is 19.7. The van der Waals surface area contributed by atoms with Gasteiger partial charge in [0.25, 0.3) is 11.8 Å². The summed E-state index contributed by atoms with van der Waals surface area (Å²) >= 11 is 6.00. The van der Waals surface area contributed by atoms with Crippen LogP contribution in [0.1, 0.15) is 52.0 Å². The molecule has 1 atom stereocenters. The minimum Gasteiger partial charge on any atom is -0.354 e. The van der Waals surface area contributed by atoms with Gasteiger partial charge in [0.1, 0.15) is 6.17 Å². The highest BCUT2D eigenvalue weighted by Gasteiger charge is 2.36.